The standard InChI is InChI=1S/C26H26N2OS/c29-18-6-3-5-17(13-18)26-10-11-27-24(14-19-7-4-12-30-19)22(26)15-21-20-8-1-2-9-23(20)28-25(21)16-26/h1-9,12-13,22,24,27-29H,10-11,14-16H2/t22?,24?,26-/m1/s1. The molecule has 1 aliphatic heterocycles. The SMILES string of the molecule is Oc1cccc([C@]23CCNC(Cc4cccs4)C2Cc2c([nH]c4ccccc24)C3)c1. The number of para-hydroxylation sites is 1. The molecule has 1 fully saturated rings. The fourth-order valence-electron chi connectivity index (χ4n) is 6.06. The predicted octanol–water partition coefficient (Wildman–Crippen LogP) is 5.19. The fourth-order valence-corrected chi connectivity index (χ4v) is 6.83. The Hall–Kier alpha value is -2.56. The summed E-state index contributed by atoms with van der Waals surface area (Å²) in [6.45, 7) is 1.01. The maximum absolute atomic E-state index is 10.3. The highest BCUT2D eigenvalue weighted by atomic mass is 32.1. The van der Waals surface area contributed by atoms with Gasteiger partial charge < -0.3 is 15.4 Å². The van der Waals surface area contributed by atoms with E-state index >= 15 is 0 Å². The van der Waals surface area contributed by atoms with Gasteiger partial charge in [-0.3, -0.25) is 0 Å². The van der Waals surface area contributed by atoms with Gasteiger partial charge in [-0.15, -0.1) is 11.3 Å². The zero-order valence-corrected chi connectivity index (χ0v) is 17.7. The van der Waals surface area contributed by atoms with E-state index in [1.807, 2.05) is 23.5 Å². The molecule has 0 saturated carbocycles. The Kier molecular flexibility index (Phi) is 4.25. The summed E-state index contributed by atoms with van der Waals surface area (Å²) in [5.74, 6) is 0.860. The van der Waals surface area contributed by atoms with Gasteiger partial charge in [-0.2, -0.15) is 0 Å². The summed E-state index contributed by atoms with van der Waals surface area (Å²) in [6.07, 6.45) is 4.24. The van der Waals surface area contributed by atoms with Crippen molar-refractivity contribution in [3.63, 3.8) is 0 Å². The van der Waals surface area contributed by atoms with E-state index in [0.717, 1.165) is 32.2 Å². The number of H-pyrrole nitrogens is 1. The summed E-state index contributed by atoms with van der Waals surface area (Å²) >= 11 is 1.86. The first-order valence-electron chi connectivity index (χ1n) is 10.9. The highest BCUT2D eigenvalue weighted by molar-refractivity contribution is 7.09. The average molecular weight is 415 g/mol. The van der Waals surface area contributed by atoms with Crippen molar-refractivity contribution in [3.05, 3.63) is 87.7 Å². The van der Waals surface area contributed by atoms with E-state index in [1.54, 1.807) is 6.07 Å². The molecular weight excluding hydrogens is 388 g/mol. The van der Waals surface area contributed by atoms with Crippen LogP contribution in [-0.2, 0) is 24.7 Å². The number of aromatic hydroxyl groups is 1. The molecule has 4 heteroatoms. The Bertz CT molecular complexity index is 1190. The maximum atomic E-state index is 10.3. The Morgan fingerprint density at radius 2 is 2.00 bits per heavy atom. The van der Waals surface area contributed by atoms with Crippen molar-refractivity contribution in [1.82, 2.24) is 10.3 Å². The van der Waals surface area contributed by atoms with Gasteiger partial charge in [-0.1, -0.05) is 36.4 Å². The fraction of sp³-hybridized carbons (Fsp3) is 0.308. The number of piperidine rings is 1. The first kappa shape index (κ1) is 18.2. The minimum Gasteiger partial charge on any atom is -0.508 e. The van der Waals surface area contributed by atoms with E-state index < -0.39 is 0 Å². The lowest BCUT2D eigenvalue weighted by atomic mass is 9.56. The number of thiophene rings is 1. The number of aromatic amines is 1. The number of phenolic OH excluding ortho intramolecular Hbond substituents is 1. The summed E-state index contributed by atoms with van der Waals surface area (Å²) < 4.78 is 0. The van der Waals surface area contributed by atoms with Crippen molar-refractivity contribution in [2.75, 3.05) is 6.54 Å². The average Bonchev–Trinajstić information content (AvgIpc) is 3.39. The van der Waals surface area contributed by atoms with Crippen molar-refractivity contribution >= 4 is 22.2 Å². The second-order valence-electron chi connectivity index (χ2n) is 8.92. The molecule has 3 heterocycles. The molecule has 2 aliphatic rings. The Morgan fingerprint density at radius 3 is 2.87 bits per heavy atom. The van der Waals surface area contributed by atoms with Gasteiger partial charge in [0.25, 0.3) is 0 Å². The molecule has 0 spiro atoms. The van der Waals surface area contributed by atoms with Crippen LogP contribution in [0.15, 0.2) is 66.0 Å². The molecule has 0 bridgehead atoms. The molecule has 2 aromatic carbocycles. The van der Waals surface area contributed by atoms with Crippen LogP contribution in [0.3, 0.4) is 0 Å². The lowest BCUT2D eigenvalue weighted by Gasteiger charge is -2.52. The molecular formula is C26H26N2OS. The Morgan fingerprint density at radius 1 is 1.07 bits per heavy atom. The largest absolute Gasteiger partial charge is 0.508 e. The van der Waals surface area contributed by atoms with Gasteiger partial charge in [0, 0.05) is 32.9 Å². The van der Waals surface area contributed by atoms with E-state index in [9.17, 15) is 5.11 Å². The molecule has 0 amide bonds. The summed E-state index contributed by atoms with van der Waals surface area (Å²) in [7, 11) is 0. The van der Waals surface area contributed by atoms with Crippen LogP contribution >= 0.6 is 11.3 Å². The summed E-state index contributed by atoms with van der Waals surface area (Å²) in [5.41, 5.74) is 5.45. The second-order valence-corrected chi connectivity index (χ2v) is 9.95. The van der Waals surface area contributed by atoms with Gasteiger partial charge in [-0.05, 0) is 78.9 Å². The van der Waals surface area contributed by atoms with Crippen molar-refractivity contribution < 1.29 is 5.11 Å². The third-order valence-electron chi connectivity index (χ3n) is 7.41. The molecule has 152 valence electrons. The molecule has 0 radical (unpaired) electrons. The number of hydrogen-bond donors (Lipinski definition) is 3. The van der Waals surface area contributed by atoms with Gasteiger partial charge in [-0.25, -0.2) is 0 Å². The molecule has 6 rings (SSSR count). The molecule has 2 unspecified atom stereocenters. The van der Waals surface area contributed by atoms with Crippen LogP contribution in [0.1, 0.15) is 28.1 Å². The zero-order chi connectivity index (χ0) is 20.1. The number of phenols is 1. The molecule has 1 saturated heterocycles. The van der Waals surface area contributed by atoms with Gasteiger partial charge in [0.05, 0.1) is 0 Å². The second kappa shape index (κ2) is 7.00. The van der Waals surface area contributed by atoms with Gasteiger partial charge in [0.15, 0.2) is 0 Å². The molecule has 30 heavy (non-hydrogen) atoms. The third-order valence-corrected chi connectivity index (χ3v) is 8.31. The highest BCUT2D eigenvalue weighted by Crippen LogP contribution is 2.50. The quantitative estimate of drug-likeness (QED) is 0.432. The van der Waals surface area contributed by atoms with Gasteiger partial charge >= 0.3 is 0 Å². The molecule has 3 nitrogen and oxygen atoms in total. The number of nitrogens with one attached hydrogen (secondary N) is 2. The van der Waals surface area contributed by atoms with Crippen molar-refractivity contribution in [2.24, 2.45) is 5.92 Å². The van der Waals surface area contributed by atoms with Crippen molar-refractivity contribution in [1.29, 1.82) is 0 Å². The predicted molar refractivity (Wildman–Crippen MR) is 123 cm³/mol. The summed E-state index contributed by atoms with van der Waals surface area (Å²) in [6, 6.07) is 21.6. The maximum Gasteiger partial charge on any atom is 0.115 e. The van der Waals surface area contributed by atoms with Crippen molar-refractivity contribution in [2.45, 2.75) is 37.1 Å². The van der Waals surface area contributed by atoms with Crippen LogP contribution in [-0.4, -0.2) is 22.7 Å². The minimum absolute atomic E-state index is 0.0415. The van der Waals surface area contributed by atoms with E-state index in [-0.39, 0.29) is 5.41 Å². The molecule has 1 aliphatic carbocycles. The minimum atomic E-state index is 0.0415. The van der Waals surface area contributed by atoms with E-state index in [2.05, 4.69) is 58.1 Å². The Labute approximate surface area is 180 Å². The van der Waals surface area contributed by atoms with Crippen LogP contribution in [0, 0.1) is 5.92 Å². The third kappa shape index (κ3) is 2.82. The topological polar surface area (TPSA) is 48.0 Å². The van der Waals surface area contributed by atoms with Crippen LogP contribution in [0.4, 0.5) is 0 Å². The van der Waals surface area contributed by atoms with Crippen LogP contribution in [0.2, 0.25) is 0 Å². The zero-order valence-electron chi connectivity index (χ0n) is 16.9. The molecule has 3 atom stereocenters. The number of benzene rings is 2. The first-order valence-corrected chi connectivity index (χ1v) is 11.7. The van der Waals surface area contributed by atoms with Gasteiger partial charge in [0.1, 0.15) is 5.75 Å². The number of hydrogen-bond acceptors (Lipinski definition) is 3. The van der Waals surface area contributed by atoms with Crippen LogP contribution < -0.4 is 5.32 Å². The lowest BCUT2D eigenvalue weighted by molar-refractivity contribution is 0.130. The normalized spacial score (nSPS) is 25.7. The first-order chi connectivity index (χ1) is 14.7. The van der Waals surface area contributed by atoms with Crippen molar-refractivity contribution in [3.8, 4) is 5.75 Å². The van der Waals surface area contributed by atoms with E-state index in [1.165, 1.54) is 32.6 Å². The van der Waals surface area contributed by atoms with E-state index in [0.29, 0.717) is 17.7 Å². The van der Waals surface area contributed by atoms with E-state index in [4.69, 9.17) is 0 Å². The lowest BCUT2D eigenvalue weighted by Crippen LogP contribution is -2.58. The number of rotatable bonds is 3. The number of fused-ring (bicyclic) bond motifs is 4. The summed E-state index contributed by atoms with van der Waals surface area (Å²) in [4.78, 5) is 5.19. The monoisotopic (exact) mass is 414 g/mol. The smallest absolute Gasteiger partial charge is 0.115 e. The van der Waals surface area contributed by atoms with Gasteiger partial charge in [0.2, 0.25) is 0 Å². The Balaban J connectivity index is 1.50. The number of aromatic nitrogens is 1. The highest BCUT2D eigenvalue weighted by Gasteiger charge is 2.50. The molecule has 3 N–H and O–H groups in total. The van der Waals surface area contributed by atoms with Crippen LogP contribution in [0.5, 0.6) is 5.75 Å². The molecule has 4 aromatic rings. The van der Waals surface area contributed by atoms with Crippen LogP contribution in [0.25, 0.3) is 10.9 Å². The summed E-state index contributed by atoms with van der Waals surface area (Å²) in [5, 5.41) is 17.7. The molecule has 2 aromatic heterocycles.